The number of amides is 1. The number of aromatic nitrogens is 1. The number of benzene rings is 1. The summed E-state index contributed by atoms with van der Waals surface area (Å²) in [5.74, 6) is -0.275. The lowest BCUT2D eigenvalue weighted by Crippen LogP contribution is -2.12. The summed E-state index contributed by atoms with van der Waals surface area (Å²) in [4.78, 5) is 14.7. The highest BCUT2D eigenvalue weighted by atomic mass is 79.9. The first kappa shape index (κ1) is 13.5. The molecule has 0 aliphatic rings. The van der Waals surface area contributed by atoms with E-state index >= 15 is 0 Å². The zero-order valence-corrected chi connectivity index (χ0v) is 12.4. The molecule has 1 heterocycles. The second-order valence-corrected chi connectivity index (χ2v) is 5.46. The molecule has 0 aliphatic carbocycles. The number of halogens is 3. The van der Waals surface area contributed by atoms with E-state index in [1.807, 2.05) is 13.0 Å². The Morgan fingerprint density at radius 1 is 1.33 bits per heavy atom. The fourth-order valence-electron chi connectivity index (χ4n) is 1.43. The van der Waals surface area contributed by atoms with Crippen LogP contribution in [0.2, 0.25) is 10.0 Å². The third-order valence-corrected chi connectivity index (χ3v) is 3.67. The van der Waals surface area contributed by atoms with Gasteiger partial charge in [0.1, 0.15) is 5.69 Å². The van der Waals surface area contributed by atoms with Gasteiger partial charge in [0.2, 0.25) is 0 Å². The fraction of sp³-hybridized carbons (Fsp3) is 0.0833. The number of carbonyl (C=O) groups excluding carboxylic acids is 1. The summed E-state index contributed by atoms with van der Waals surface area (Å²) >= 11 is 15.1. The van der Waals surface area contributed by atoms with Crippen LogP contribution in [0.15, 0.2) is 28.9 Å². The van der Waals surface area contributed by atoms with Gasteiger partial charge in [0.05, 0.1) is 10.7 Å². The molecule has 2 aromatic rings. The van der Waals surface area contributed by atoms with Crippen molar-refractivity contribution in [3.05, 3.63) is 50.2 Å². The number of hydrogen-bond donors (Lipinski definition) is 2. The number of nitrogens with one attached hydrogen (secondary N) is 2. The highest BCUT2D eigenvalue weighted by Gasteiger charge is 2.11. The molecular formula is C12H9BrCl2N2O. The van der Waals surface area contributed by atoms with Crippen LogP contribution in [0.25, 0.3) is 0 Å². The average molecular weight is 348 g/mol. The minimum Gasteiger partial charge on any atom is -0.356 e. The molecule has 1 aromatic carbocycles. The van der Waals surface area contributed by atoms with Crippen LogP contribution in [0.5, 0.6) is 0 Å². The number of H-pyrrole nitrogens is 1. The van der Waals surface area contributed by atoms with Crippen LogP contribution in [-0.2, 0) is 0 Å². The van der Waals surface area contributed by atoms with E-state index < -0.39 is 0 Å². The van der Waals surface area contributed by atoms with Crippen LogP contribution in [0.4, 0.5) is 5.69 Å². The number of anilines is 1. The highest BCUT2D eigenvalue weighted by Crippen LogP contribution is 2.29. The first-order valence-electron chi connectivity index (χ1n) is 5.08. The van der Waals surface area contributed by atoms with Crippen LogP contribution in [0, 0.1) is 6.92 Å². The quantitative estimate of drug-likeness (QED) is 0.816. The summed E-state index contributed by atoms with van der Waals surface area (Å²) in [6.45, 7) is 1.89. The van der Waals surface area contributed by atoms with E-state index in [9.17, 15) is 4.79 Å². The van der Waals surface area contributed by atoms with E-state index in [1.165, 1.54) is 0 Å². The van der Waals surface area contributed by atoms with Crippen LogP contribution in [0.1, 0.15) is 16.1 Å². The number of hydrogen-bond acceptors (Lipinski definition) is 1. The van der Waals surface area contributed by atoms with Crippen molar-refractivity contribution in [1.29, 1.82) is 0 Å². The van der Waals surface area contributed by atoms with Crippen molar-refractivity contribution >= 4 is 50.7 Å². The Labute approximate surface area is 123 Å². The number of aryl methyl sites for hydroxylation is 1. The van der Waals surface area contributed by atoms with Crippen molar-refractivity contribution in [3.8, 4) is 0 Å². The van der Waals surface area contributed by atoms with Gasteiger partial charge in [0, 0.05) is 15.7 Å². The molecule has 0 fully saturated rings. The van der Waals surface area contributed by atoms with Crippen LogP contribution in [-0.4, -0.2) is 10.9 Å². The molecule has 1 aromatic heterocycles. The lowest BCUT2D eigenvalue weighted by Gasteiger charge is -2.08. The van der Waals surface area contributed by atoms with Crippen LogP contribution >= 0.6 is 39.1 Å². The molecular weight excluding hydrogens is 339 g/mol. The molecule has 1 amide bonds. The van der Waals surface area contributed by atoms with E-state index in [1.54, 1.807) is 18.3 Å². The van der Waals surface area contributed by atoms with E-state index in [2.05, 4.69) is 26.2 Å². The van der Waals surface area contributed by atoms with Crippen molar-refractivity contribution in [2.45, 2.75) is 6.92 Å². The third-order valence-electron chi connectivity index (χ3n) is 2.39. The molecule has 94 valence electrons. The van der Waals surface area contributed by atoms with E-state index in [0.717, 1.165) is 10.0 Å². The molecule has 2 rings (SSSR count). The number of aromatic amines is 1. The van der Waals surface area contributed by atoms with E-state index in [-0.39, 0.29) is 5.91 Å². The zero-order chi connectivity index (χ0) is 13.3. The maximum absolute atomic E-state index is 11.9. The highest BCUT2D eigenvalue weighted by molar-refractivity contribution is 9.10. The van der Waals surface area contributed by atoms with Gasteiger partial charge in [-0.3, -0.25) is 4.79 Å². The predicted molar refractivity (Wildman–Crippen MR) is 77.6 cm³/mol. The maximum Gasteiger partial charge on any atom is 0.272 e. The largest absolute Gasteiger partial charge is 0.356 e. The smallest absolute Gasteiger partial charge is 0.272 e. The Bertz CT molecular complexity index is 610. The Morgan fingerprint density at radius 2 is 2.06 bits per heavy atom. The van der Waals surface area contributed by atoms with Crippen molar-refractivity contribution in [3.63, 3.8) is 0 Å². The monoisotopic (exact) mass is 346 g/mol. The third kappa shape index (κ3) is 2.88. The van der Waals surface area contributed by atoms with Crippen molar-refractivity contribution in [1.82, 2.24) is 4.98 Å². The maximum atomic E-state index is 11.9. The second kappa shape index (κ2) is 5.34. The number of carbonyl (C=O) groups is 1. The molecule has 0 aliphatic heterocycles. The standard InChI is InChI=1S/C12H9BrCl2N2O/c1-6-2-8(13)10(4-9(6)15)17-12(18)11-3-7(14)5-16-11/h2-5,16H,1H3,(H,17,18). The van der Waals surface area contributed by atoms with Crippen molar-refractivity contribution in [2.75, 3.05) is 5.32 Å². The normalized spacial score (nSPS) is 10.4. The Kier molecular flexibility index (Phi) is 4.00. The molecule has 18 heavy (non-hydrogen) atoms. The van der Waals surface area contributed by atoms with Crippen molar-refractivity contribution in [2.24, 2.45) is 0 Å². The fourth-order valence-corrected chi connectivity index (χ4v) is 2.32. The van der Waals surface area contributed by atoms with Gasteiger partial charge in [0.15, 0.2) is 0 Å². The zero-order valence-electron chi connectivity index (χ0n) is 9.35. The molecule has 0 unspecified atom stereocenters. The Morgan fingerprint density at radius 3 is 2.67 bits per heavy atom. The topological polar surface area (TPSA) is 44.9 Å². The van der Waals surface area contributed by atoms with Gasteiger partial charge in [0.25, 0.3) is 5.91 Å². The van der Waals surface area contributed by atoms with Gasteiger partial charge in [-0.1, -0.05) is 23.2 Å². The summed E-state index contributed by atoms with van der Waals surface area (Å²) < 4.78 is 0.774. The predicted octanol–water partition coefficient (Wildman–Crippen LogP) is 4.64. The van der Waals surface area contributed by atoms with Gasteiger partial charge in [-0.25, -0.2) is 0 Å². The summed E-state index contributed by atoms with van der Waals surface area (Å²) in [5, 5.41) is 3.83. The molecule has 0 bridgehead atoms. The Hall–Kier alpha value is -0.970. The minimum absolute atomic E-state index is 0.275. The molecule has 0 spiro atoms. The molecule has 3 nitrogen and oxygen atoms in total. The molecule has 6 heteroatoms. The van der Waals surface area contributed by atoms with Crippen LogP contribution < -0.4 is 5.32 Å². The average Bonchev–Trinajstić information content (AvgIpc) is 2.73. The molecule has 0 radical (unpaired) electrons. The van der Waals surface area contributed by atoms with Crippen molar-refractivity contribution < 1.29 is 4.79 Å². The van der Waals surface area contributed by atoms with Gasteiger partial charge < -0.3 is 10.3 Å². The molecule has 0 saturated carbocycles. The molecule has 0 saturated heterocycles. The summed E-state index contributed by atoms with van der Waals surface area (Å²) in [7, 11) is 0. The molecule has 0 atom stereocenters. The number of rotatable bonds is 2. The summed E-state index contributed by atoms with van der Waals surface area (Å²) in [6.07, 6.45) is 1.55. The summed E-state index contributed by atoms with van der Waals surface area (Å²) in [5.41, 5.74) is 1.94. The van der Waals surface area contributed by atoms with Gasteiger partial charge in [-0.2, -0.15) is 0 Å². The lowest BCUT2D eigenvalue weighted by molar-refractivity contribution is 0.102. The second-order valence-electron chi connectivity index (χ2n) is 3.77. The Balaban J connectivity index is 2.24. The van der Waals surface area contributed by atoms with Gasteiger partial charge >= 0.3 is 0 Å². The minimum atomic E-state index is -0.275. The SMILES string of the molecule is Cc1cc(Br)c(NC(=O)c2cc(Cl)c[nH]2)cc1Cl. The van der Waals surface area contributed by atoms with Gasteiger partial charge in [-0.05, 0) is 46.6 Å². The first-order valence-corrected chi connectivity index (χ1v) is 6.63. The van der Waals surface area contributed by atoms with E-state index in [4.69, 9.17) is 23.2 Å². The van der Waals surface area contributed by atoms with Crippen LogP contribution in [0.3, 0.4) is 0 Å². The van der Waals surface area contributed by atoms with Gasteiger partial charge in [-0.15, -0.1) is 0 Å². The lowest BCUT2D eigenvalue weighted by atomic mass is 10.2. The first-order chi connectivity index (χ1) is 8.47. The van der Waals surface area contributed by atoms with E-state index in [0.29, 0.717) is 21.4 Å². The molecule has 2 N–H and O–H groups in total. The summed E-state index contributed by atoms with van der Waals surface area (Å²) in [6, 6.07) is 5.10.